The molecule has 0 saturated carbocycles. The summed E-state index contributed by atoms with van der Waals surface area (Å²) in [4.78, 5) is 0. The third-order valence-electron chi connectivity index (χ3n) is 2.01. The van der Waals surface area contributed by atoms with E-state index in [1.165, 1.54) is 6.07 Å². The minimum atomic E-state index is -0.651. The van der Waals surface area contributed by atoms with Gasteiger partial charge in [-0.05, 0) is 12.5 Å². The highest BCUT2D eigenvalue weighted by atomic mass is 19.1. The van der Waals surface area contributed by atoms with Gasteiger partial charge in [-0.3, -0.25) is 0 Å². The fraction of sp³-hybridized carbons (Fsp3) is 0.333. The predicted molar refractivity (Wildman–Crippen MR) is 45.6 cm³/mol. The van der Waals surface area contributed by atoms with Crippen molar-refractivity contribution < 1.29 is 14.9 Å². The highest BCUT2D eigenvalue weighted by Crippen LogP contribution is 2.28. The second kappa shape index (κ2) is 2.96. The first-order valence-electron chi connectivity index (χ1n) is 4.03. The van der Waals surface area contributed by atoms with Gasteiger partial charge in [0.15, 0.2) is 11.6 Å². The minimum Gasteiger partial charge on any atom is -0.489 e. The van der Waals surface area contributed by atoms with Crippen molar-refractivity contribution in [3.05, 3.63) is 29.3 Å². The highest BCUT2D eigenvalue weighted by Gasteiger charge is 2.20. The molecule has 0 spiro atoms. The number of rotatable bonds is 0. The predicted octanol–water partition coefficient (Wildman–Crippen LogP) is 1.47. The summed E-state index contributed by atoms with van der Waals surface area (Å²) in [6.07, 6.45) is 0.462. The summed E-state index contributed by atoms with van der Waals surface area (Å²) in [5.74, 6) is -1.10. The molecule has 2 nitrogen and oxygen atoms in total. The van der Waals surface area contributed by atoms with Crippen LogP contribution >= 0.6 is 0 Å². The van der Waals surface area contributed by atoms with Crippen LogP contribution in [0.15, 0.2) is 12.1 Å². The van der Waals surface area contributed by atoms with E-state index in [-0.39, 0.29) is 19.8 Å². The second-order valence-electron chi connectivity index (χ2n) is 3.15. The van der Waals surface area contributed by atoms with Gasteiger partial charge in [-0.2, -0.15) is 0 Å². The van der Waals surface area contributed by atoms with Crippen LogP contribution < -0.4 is 10.5 Å². The summed E-state index contributed by atoms with van der Waals surface area (Å²) >= 11 is 0. The van der Waals surface area contributed by atoms with Crippen molar-refractivity contribution in [2.24, 2.45) is 5.73 Å². The smallest absolute Gasteiger partial charge is 0.168 e. The summed E-state index contributed by atoms with van der Waals surface area (Å²) in [5.41, 5.74) is 6.09. The first kappa shape index (κ1) is 8.44. The van der Waals surface area contributed by atoms with Crippen molar-refractivity contribution >= 4 is 0 Å². The number of ether oxygens (including phenoxy) is 1. The third kappa shape index (κ3) is 1.49. The maximum atomic E-state index is 13.1. The van der Waals surface area contributed by atoms with E-state index >= 15 is 0 Å². The zero-order valence-corrected chi connectivity index (χ0v) is 6.89. The monoisotopic (exact) mass is 187 g/mol. The maximum Gasteiger partial charge on any atom is 0.168 e. The number of nitrogens with two attached hydrogens (primary N) is 1. The Morgan fingerprint density at radius 3 is 3.00 bits per heavy atom. The van der Waals surface area contributed by atoms with Crippen molar-refractivity contribution in [1.82, 2.24) is 0 Å². The van der Waals surface area contributed by atoms with Crippen LogP contribution in [-0.4, -0.2) is 12.6 Å². The van der Waals surface area contributed by atoms with E-state index < -0.39 is 11.6 Å². The molecule has 0 bridgehead atoms. The molecule has 0 aliphatic carbocycles. The first-order chi connectivity index (χ1) is 6.16. The summed E-state index contributed by atoms with van der Waals surface area (Å²) in [6.45, 7) is 0.287. The molecule has 2 rings (SSSR count). The molecule has 13 heavy (non-hydrogen) atoms. The lowest BCUT2D eigenvalue weighted by Gasteiger charge is -2.22. The molecule has 1 atom stereocenters. The van der Waals surface area contributed by atoms with E-state index in [1.54, 1.807) is 0 Å². The Morgan fingerprint density at radius 1 is 1.46 bits per heavy atom. The lowest BCUT2D eigenvalue weighted by Crippen LogP contribution is -2.34. The average molecular weight is 187 g/mol. The summed E-state index contributed by atoms with van der Waals surface area (Å²) in [7, 11) is 0. The lowest BCUT2D eigenvalue weighted by molar-refractivity contribution is 0.249. The quantitative estimate of drug-likeness (QED) is 0.667. The molecule has 0 saturated heterocycles. The topological polar surface area (TPSA) is 35.2 Å². The Morgan fingerprint density at radius 2 is 2.23 bits per heavy atom. The van der Waals surface area contributed by atoms with Gasteiger partial charge in [0.1, 0.15) is 12.4 Å². The maximum absolute atomic E-state index is 13.1. The fourth-order valence-corrected chi connectivity index (χ4v) is 1.46. The van der Waals surface area contributed by atoms with E-state index in [0.29, 0.717) is 12.0 Å². The van der Waals surface area contributed by atoms with Crippen molar-refractivity contribution in [1.29, 1.82) is 0 Å². The molecule has 1 aromatic carbocycles. The zero-order chi connectivity index (χ0) is 9.42. The lowest BCUT2D eigenvalue weighted by atomic mass is 10.0. The number of hydrogen-bond acceptors (Lipinski definition) is 2. The molecule has 0 aromatic heterocycles. The van der Waals surface area contributed by atoms with Crippen LogP contribution in [0.3, 0.4) is 0 Å². The van der Waals surface area contributed by atoms with Gasteiger partial charge in [0.25, 0.3) is 0 Å². The zero-order valence-electron chi connectivity index (χ0n) is 6.89. The van der Waals surface area contributed by atoms with Gasteiger partial charge < -0.3 is 10.5 Å². The van der Waals surface area contributed by atoms with Gasteiger partial charge in [0.05, 0.1) is 0 Å². The van der Waals surface area contributed by atoms with Gasteiger partial charge >= 0.3 is 0 Å². The van der Waals surface area contributed by atoms with E-state index in [1.807, 2.05) is 0 Å². The van der Waals surface area contributed by atoms with Gasteiger partial charge in [-0.25, -0.2) is 8.78 Å². The molecule has 1 unspecified atom stereocenters. The van der Waals surface area contributed by atoms with Gasteiger partial charge in [-0.1, -0.05) is 0 Å². The normalized spacial score (nSPS) is 20.7. The van der Waals surface area contributed by atoms with Crippen LogP contribution in [0.25, 0.3) is 0 Å². The molecule has 4 heteroatoms. The molecule has 72 valence electrons. The van der Waals surface area contributed by atoms with Gasteiger partial charge in [0.2, 0.25) is 0 Å². The molecule has 0 amide bonds. The van der Waals surface area contributed by atoms with Crippen LogP contribution in [0.1, 0.15) is 6.99 Å². The standard InChI is InChI=1S/C9H9F2NO.H2/c10-6-1-5-2-7(12)4-13-9(5)8(11)3-6;/h1,3,7H,2,4,12H2;1H. The molecule has 0 radical (unpaired) electrons. The van der Waals surface area contributed by atoms with Crippen LogP contribution in [0.4, 0.5) is 8.78 Å². The van der Waals surface area contributed by atoms with Crippen molar-refractivity contribution in [3.63, 3.8) is 0 Å². The molecule has 0 fully saturated rings. The van der Waals surface area contributed by atoms with Gasteiger partial charge in [-0.15, -0.1) is 0 Å². The average Bonchev–Trinajstić information content (AvgIpc) is 2.02. The van der Waals surface area contributed by atoms with Crippen LogP contribution in [0.5, 0.6) is 5.75 Å². The van der Waals surface area contributed by atoms with Crippen LogP contribution in [0, 0.1) is 11.6 Å². The molecular weight excluding hydrogens is 176 g/mol. The molecule has 1 aliphatic rings. The van der Waals surface area contributed by atoms with E-state index in [9.17, 15) is 8.78 Å². The first-order valence-corrected chi connectivity index (χ1v) is 4.03. The Kier molecular flexibility index (Phi) is 1.92. The minimum absolute atomic E-state index is 0. The Hall–Kier alpha value is -1.16. The Labute approximate surface area is 75.8 Å². The number of halogens is 2. The molecule has 1 heterocycles. The number of benzene rings is 1. The van der Waals surface area contributed by atoms with E-state index in [4.69, 9.17) is 10.5 Å². The van der Waals surface area contributed by atoms with Crippen molar-refractivity contribution in [2.45, 2.75) is 12.5 Å². The Balaban J connectivity index is 0.000000980. The largest absolute Gasteiger partial charge is 0.489 e. The summed E-state index contributed by atoms with van der Waals surface area (Å²) < 4.78 is 30.9. The second-order valence-corrected chi connectivity index (χ2v) is 3.15. The highest BCUT2D eigenvalue weighted by molar-refractivity contribution is 5.37. The number of fused-ring (bicyclic) bond motifs is 1. The molecule has 2 N–H and O–H groups in total. The van der Waals surface area contributed by atoms with Crippen LogP contribution in [-0.2, 0) is 6.42 Å². The van der Waals surface area contributed by atoms with E-state index in [2.05, 4.69) is 0 Å². The molecule has 1 aromatic rings. The fourth-order valence-electron chi connectivity index (χ4n) is 1.46. The number of hydrogen-bond donors (Lipinski definition) is 1. The van der Waals surface area contributed by atoms with Crippen molar-refractivity contribution in [2.75, 3.05) is 6.61 Å². The van der Waals surface area contributed by atoms with Crippen LogP contribution in [0.2, 0.25) is 0 Å². The van der Waals surface area contributed by atoms with Gasteiger partial charge in [0, 0.05) is 19.1 Å². The summed E-state index contributed by atoms with van der Waals surface area (Å²) in [5, 5.41) is 0. The van der Waals surface area contributed by atoms with E-state index in [0.717, 1.165) is 6.07 Å². The Bertz CT molecular complexity index is 346. The SMILES string of the molecule is NC1COc2c(F)cc(F)cc2C1.[HH]. The summed E-state index contributed by atoms with van der Waals surface area (Å²) in [6, 6.07) is 1.90. The molecule has 1 aliphatic heterocycles. The van der Waals surface area contributed by atoms with Crippen molar-refractivity contribution in [3.8, 4) is 5.75 Å². The molecular formula is C9H11F2NO. The third-order valence-corrected chi connectivity index (χ3v) is 2.01.